The highest BCUT2D eigenvalue weighted by atomic mass is 16.2. The number of aliphatic imine (C=N–C) groups is 1. The van der Waals surface area contributed by atoms with E-state index in [0.717, 1.165) is 36.3 Å². The highest BCUT2D eigenvalue weighted by molar-refractivity contribution is 6.19. The van der Waals surface area contributed by atoms with Gasteiger partial charge in [0.05, 0.1) is 19.4 Å². The molecule has 0 bridgehead atoms. The van der Waals surface area contributed by atoms with Crippen LogP contribution in [0.3, 0.4) is 0 Å². The smallest absolute Gasteiger partial charge is 0.337 e. The number of imidazole rings is 2. The largest absolute Gasteiger partial charge is 0.401 e. The molecule has 2 aliphatic rings. The van der Waals surface area contributed by atoms with Crippen LogP contribution in [0.4, 0.5) is 10.7 Å². The number of imide groups is 1. The van der Waals surface area contributed by atoms with Crippen LogP contribution in [0.5, 0.6) is 0 Å². The first-order valence-electron chi connectivity index (χ1n) is 10.7. The van der Waals surface area contributed by atoms with Gasteiger partial charge < -0.3 is 4.57 Å². The summed E-state index contributed by atoms with van der Waals surface area (Å²) in [6.45, 7) is 5.86. The number of amidine groups is 1. The van der Waals surface area contributed by atoms with E-state index in [0.29, 0.717) is 11.8 Å². The van der Waals surface area contributed by atoms with Gasteiger partial charge in [0.2, 0.25) is 11.9 Å². The van der Waals surface area contributed by atoms with Gasteiger partial charge >= 0.3 is 12.0 Å². The minimum absolute atomic E-state index is 0.241. The lowest BCUT2D eigenvalue weighted by molar-refractivity contribution is -0.677. The molecule has 0 radical (unpaired) electrons. The molecule has 32 heavy (non-hydrogen) atoms. The summed E-state index contributed by atoms with van der Waals surface area (Å²) in [5.41, 5.74) is 3.04. The van der Waals surface area contributed by atoms with Crippen molar-refractivity contribution in [3.05, 3.63) is 66.0 Å². The van der Waals surface area contributed by atoms with Crippen molar-refractivity contribution >= 4 is 23.7 Å². The van der Waals surface area contributed by atoms with Crippen molar-refractivity contribution in [3.8, 4) is 0 Å². The predicted molar refractivity (Wildman–Crippen MR) is 117 cm³/mol. The number of aryl methyl sites for hydroxylation is 3. The SMILES string of the molecule is Cc1ccccc1CN1C(=O)C2C(=Nc3n(CCCn4ccnc4)c(C)c[n+]32)N(C)C1=O. The van der Waals surface area contributed by atoms with Crippen molar-refractivity contribution in [2.45, 2.75) is 45.9 Å². The van der Waals surface area contributed by atoms with Gasteiger partial charge in [-0.05, 0) is 31.4 Å². The predicted octanol–water partition coefficient (Wildman–Crippen LogP) is 2.36. The minimum atomic E-state index is -0.620. The number of amides is 3. The van der Waals surface area contributed by atoms with Gasteiger partial charge in [0, 0.05) is 26.0 Å². The van der Waals surface area contributed by atoms with Gasteiger partial charge in [0.1, 0.15) is 11.9 Å². The normalized spacial score (nSPS) is 17.6. The summed E-state index contributed by atoms with van der Waals surface area (Å²) >= 11 is 0. The monoisotopic (exact) mass is 432 g/mol. The van der Waals surface area contributed by atoms with Crippen LogP contribution in [0.15, 0.2) is 54.2 Å². The summed E-state index contributed by atoms with van der Waals surface area (Å²) < 4.78 is 6.05. The van der Waals surface area contributed by atoms with Crippen LogP contribution in [0, 0.1) is 13.8 Å². The molecule has 3 aromatic rings. The van der Waals surface area contributed by atoms with Gasteiger partial charge in [-0.3, -0.25) is 14.6 Å². The highest BCUT2D eigenvalue weighted by Crippen LogP contribution is 2.30. The molecule has 0 aliphatic carbocycles. The van der Waals surface area contributed by atoms with Gasteiger partial charge in [-0.1, -0.05) is 29.3 Å². The second-order valence-corrected chi connectivity index (χ2v) is 8.35. The Bertz CT molecular complexity index is 1230. The quantitative estimate of drug-likeness (QED) is 0.561. The number of urea groups is 1. The molecule has 3 amide bonds. The molecule has 4 heterocycles. The lowest BCUT2D eigenvalue weighted by Crippen LogP contribution is -2.62. The van der Waals surface area contributed by atoms with Crippen LogP contribution in [0.2, 0.25) is 0 Å². The Labute approximate surface area is 186 Å². The van der Waals surface area contributed by atoms with E-state index in [-0.39, 0.29) is 18.5 Å². The number of carbonyl (C=O) groups excluding carboxylic acids is 2. The van der Waals surface area contributed by atoms with E-state index in [1.807, 2.05) is 59.6 Å². The third-order valence-electron chi connectivity index (χ3n) is 6.27. The van der Waals surface area contributed by atoms with Crippen LogP contribution in [0.25, 0.3) is 0 Å². The van der Waals surface area contributed by atoms with E-state index in [2.05, 4.69) is 9.55 Å². The number of aromatic nitrogens is 4. The van der Waals surface area contributed by atoms with Crippen LogP contribution < -0.4 is 4.57 Å². The molecule has 0 N–H and O–H groups in total. The molecule has 9 nitrogen and oxygen atoms in total. The van der Waals surface area contributed by atoms with E-state index in [9.17, 15) is 9.59 Å². The average Bonchev–Trinajstić information content (AvgIpc) is 3.48. The number of nitrogens with zero attached hydrogens (tertiary/aromatic N) is 7. The summed E-state index contributed by atoms with van der Waals surface area (Å²) in [6, 6.07) is 6.85. The fraction of sp³-hybridized carbons (Fsp3) is 0.348. The Morgan fingerprint density at radius 1 is 1.12 bits per heavy atom. The van der Waals surface area contributed by atoms with Gasteiger partial charge in [-0.25, -0.2) is 18.9 Å². The molecular weight excluding hydrogens is 406 g/mol. The van der Waals surface area contributed by atoms with Crippen LogP contribution in [0.1, 0.15) is 29.3 Å². The first-order chi connectivity index (χ1) is 15.5. The van der Waals surface area contributed by atoms with Crippen molar-refractivity contribution in [1.82, 2.24) is 23.9 Å². The third-order valence-corrected chi connectivity index (χ3v) is 6.27. The van der Waals surface area contributed by atoms with Crippen molar-refractivity contribution in [2.75, 3.05) is 7.05 Å². The van der Waals surface area contributed by atoms with Gasteiger partial charge in [0.25, 0.3) is 5.91 Å². The van der Waals surface area contributed by atoms with Gasteiger partial charge in [0.15, 0.2) is 0 Å². The molecular formula is C23H26N7O2+. The molecule has 2 aromatic heterocycles. The molecule has 5 rings (SSSR count). The second kappa shape index (κ2) is 7.74. The van der Waals surface area contributed by atoms with Crippen LogP contribution >= 0.6 is 0 Å². The van der Waals surface area contributed by atoms with Crippen molar-refractivity contribution < 1.29 is 14.2 Å². The molecule has 164 valence electrons. The van der Waals surface area contributed by atoms with Crippen LogP contribution in [-0.2, 0) is 24.4 Å². The summed E-state index contributed by atoms with van der Waals surface area (Å²) in [4.78, 5) is 38.2. The number of likely N-dealkylation sites (N-methyl/N-ethyl adjacent to an activating group) is 1. The number of hydrogen-bond donors (Lipinski definition) is 0. The minimum Gasteiger partial charge on any atom is -0.337 e. The number of rotatable bonds is 6. The first kappa shape index (κ1) is 20.2. The lowest BCUT2D eigenvalue weighted by Gasteiger charge is -2.33. The van der Waals surface area contributed by atoms with Gasteiger partial charge in [-0.15, -0.1) is 0 Å². The average molecular weight is 433 g/mol. The maximum absolute atomic E-state index is 13.5. The van der Waals surface area contributed by atoms with Crippen molar-refractivity contribution in [3.63, 3.8) is 0 Å². The van der Waals surface area contributed by atoms with E-state index in [4.69, 9.17) is 4.99 Å². The summed E-state index contributed by atoms with van der Waals surface area (Å²) in [5.74, 6) is 0.952. The second-order valence-electron chi connectivity index (χ2n) is 8.35. The molecule has 1 unspecified atom stereocenters. The molecule has 0 spiro atoms. The molecule has 1 saturated heterocycles. The Kier molecular flexibility index (Phi) is 4.88. The number of fused-ring (bicyclic) bond motifs is 3. The van der Waals surface area contributed by atoms with Crippen molar-refractivity contribution in [1.29, 1.82) is 0 Å². The van der Waals surface area contributed by atoms with E-state index < -0.39 is 6.04 Å². The van der Waals surface area contributed by atoms with Gasteiger partial charge in [-0.2, -0.15) is 0 Å². The number of hydrogen-bond acceptors (Lipinski definition) is 4. The highest BCUT2D eigenvalue weighted by Gasteiger charge is 2.53. The molecule has 1 aromatic carbocycles. The Morgan fingerprint density at radius 3 is 2.69 bits per heavy atom. The lowest BCUT2D eigenvalue weighted by atomic mass is 10.1. The van der Waals surface area contributed by atoms with E-state index in [1.54, 1.807) is 19.6 Å². The van der Waals surface area contributed by atoms with Crippen LogP contribution in [-0.4, -0.2) is 48.7 Å². The van der Waals surface area contributed by atoms with E-state index >= 15 is 0 Å². The Balaban J connectivity index is 1.42. The van der Waals surface area contributed by atoms with Crippen molar-refractivity contribution in [2.24, 2.45) is 4.99 Å². The summed E-state index contributed by atoms with van der Waals surface area (Å²) in [5, 5.41) is 0. The molecule has 1 fully saturated rings. The third kappa shape index (κ3) is 3.21. The Hall–Kier alpha value is -3.75. The summed E-state index contributed by atoms with van der Waals surface area (Å²) in [7, 11) is 1.69. The number of benzene rings is 1. The topological polar surface area (TPSA) is 79.6 Å². The maximum atomic E-state index is 13.5. The fourth-order valence-corrected chi connectivity index (χ4v) is 4.44. The molecule has 9 heteroatoms. The molecule has 1 atom stereocenters. The van der Waals surface area contributed by atoms with E-state index in [1.165, 1.54) is 9.80 Å². The fourth-order valence-electron chi connectivity index (χ4n) is 4.44. The standard InChI is InChI=1S/C23H26N7O2/c1-16-7-4-5-8-18(16)14-30-21(31)19-20(26(3)23(30)32)25-22-28(17(2)13-29(19)22)11-6-10-27-12-9-24-15-27/h4-5,7-9,12-13,15,19H,6,10-11,14H2,1-3H3/q+1. The maximum Gasteiger partial charge on any atom is 0.401 e. The summed E-state index contributed by atoms with van der Waals surface area (Å²) in [6.07, 6.45) is 8.38. The molecule has 2 aliphatic heterocycles. The molecule has 0 saturated carbocycles. The first-order valence-corrected chi connectivity index (χ1v) is 10.7. The number of carbonyl (C=O) groups is 2. The zero-order chi connectivity index (χ0) is 22.4. The Morgan fingerprint density at radius 2 is 1.94 bits per heavy atom. The zero-order valence-electron chi connectivity index (χ0n) is 18.5. The zero-order valence-corrected chi connectivity index (χ0v) is 18.5.